The Morgan fingerprint density at radius 3 is 2.69 bits per heavy atom. The van der Waals surface area contributed by atoms with E-state index in [2.05, 4.69) is 44.8 Å². The molecule has 84 valence electrons. The van der Waals surface area contributed by atoms with Gasteiger partial charge in [0.2, 0.25) is 0 Å². The third-order valence-electron chi connectivity index (χ3n) is 2.09. The quantitative estimate of drug-likeness (QED) is 0.799. The Kier molecular flexibility index (Phi) is 3.25. The first-order chi connectivity index (χ1) is 7.58. The number of halogens is 2. The molecule has 0 aliphatic carbocycles. The standard InChI is InChI=1S/C10H10BrClN4/c1-6(2)16-5-7(3-14-16)10-13-4-8(11)9(12)15-10/h3-6H,1-2H3. The Morgan fingerprint density at radius 2 is 2.12 bits per heavy atom. The van der Waals surface area contributed by atoms with Crippen LogP contribution in [-0.4, -0.2) is 19.7 Å². The first-order valence-corrected chi connectivity index (χ1v) is 5.97. The fourth-order valence-electron chi connectivity index (χ4n) is 1.22. The summed E-state index contributed by atoms with van der Waals surface area (Å²) in [5.41, 5.74) is 0.864. The van der Waals surface area contributed by atoms with E-state index in [1.54, 1.807) is 12.4 Å². The molecule has 4 nitrogen and oxygen atoms in total. The Bertz CT molecular complexity index is 509. The lowest BCUT2D eigenvalue weighted by atomic mass is 10.3. The molecule has 2 heterocycles. The summed E-state index contributed by atoms with van der Waals surface area (Å²) in [7, 11) is 0. The van der Waals surface area contributed by atoms with Gasteiger partial charge in [-0.1, -0.05) is 11.6 Å². The first-order valence-electron chi connectivity index (χ1n) is 4.80. The van der Waals surface area contributed by atoms with Gasteiger partial charge in [0, 0.05) is 18.4 Å². The highest BCUT2D eigenvalue weighted by atomic mass is 79.9. The molecule has 0 radical (unpaired) electrons. The van der Waals surface area contributed by atoms with Gasteiger partial charge in [-0.2, -0.15) is 5.10 Å². The number of nitrogens with zero attached hydrogens (tertiary/aromatic N) is 4. The molecule has 0 spiro atoms. The zero-order valence-corrected chi connectivity index (χ0v) is 11.2. The van der Waals surface area contributed by atoms with E-state index < -0.39 is 0 Å². The minimum absolute atomic E-state index is 0.319. The molecule has 6 heteroatoms. The highest BCUT2D eigenvalue weighted by Crippen LogP contribution is 2.23. The summed E-state index contributed by atoms with van der Waals surface area (Å²) in [6.07, 6.45) is 5.28. The fraction of sp³-hybridized carbons (Fsp3) is 0.300. The summed E-state index contributed by atoms with van der Waals surface area (Å²) >= 11 is 9.16. The van der Waals surface area contributed by atoms with Crippen LogP contribution >= 0.6 is 27.5 Å². The van der Waals surface area contributed by atoms with Gasteiger partial charge < -0.3 is 0 Å². The molecular weight excluding hydrogens is 291 g/mol. The lowest BCUT2D eigenvalue weighted by Gasteiger charge is -2.03. The highest BCUT2D eigenvalue weighted by Gasteiger charge is 2.08. The van der Waals surface area contributed by atoms with Crippen molar-refractivity contribution in [2.75, 3.05) is 0 Å². The maximum Gasteiger partial charge on any atom is 0.164 e. The second kappa shape index (κ2) is 4.51. The van der Waals surface area contributed by atoms with Crippen molar-refractivity contribution < 1.29 is 0 Å². The molecule has 0 saturated heterocycles. The average Bonchev–Trinajstić information content (AvgIpc) is 2.71. The summed E-state index contributed by atoms with van der Waals surface area (Å²) in [4.78, 5) is 8.36. The van der Waals surface area contributed by atoms with Crippen molar-refractivity contribution in [1.29, 1.82) is 0 Å². The Balaban J connectivity index is 2.39. The third kappa shape index (κ3) is 2.25. The van der Waals surface area contributed by atoms with Crippen LogP contribution in [0.1, 0.15) is 19.9 Å². The van der Waals surface area contributed by atoms with Crippen LogP contribution in [0.3, 0.4) is 0 Å². The van der Waals surface area contributed by atoms with Crippen LogP contribution in [0.5, 0.6) is 0 Å². The van der Waals surface area contributed by atoms with Crippen LogP contribution in [0, 0.1) is 0 Å². The monoisotopic (exact) mass is 300 g/mol. The maximum atomic E-state index is 5.91. The molecule has 0 aliphatic rings. The predicted molar refractivity (Wildman–Crippen MR) is 66.3 cm³/mol. The summed E-state index contributed by atoms with van der Waals surface area (Å²) in [5.74, 6) is 0.583. The zero-order valence-electron chi connectivity index (χ0n) is 8.85. The summed E-state index contributed by atoms with van der Waals surface area (Å²) in [6, 6.07) is 0.319. The van der Waals surface area contributed by atoms with Gasteiger partial charge >= 0.3 is 0 Å². The molecule has 2 rings (SSSR count). The van der Waals surface area contributed by atoms with Crippen LogP contribution < -0.4 is 0 Å². The molecule has 2 aromatic heterocycles. The number of hydrogen-bond acceptors (Lipinski definition) is 3. The van der Waals surface area contributed by atoms with Gasteiger partial charge in [-0.25, -0.2) is 9.97 Å². The highest BCUT2D eigenvalue weighted by molar-refractivity contribution is 9.10. The number of hydrogen-bond donors (Lipinski definition) is 0. The molecule has 0 bridgehead atoms. The van der Waals surface area contributed by atoms with Crippen molar-refractivity contribution in [2.24, 2.45) is 0 Å². The van der Waals surface area contributed by atoms with Gasteiger partial charge in [0.25, 0.3) is 0 Å². The molecule has 0 amide bonds. The molecule has 0 fully saturated rings. The number of aromatic nitrogens is 4. The van der Waals surface area contributed by atoms with Gasteiger partial charge in [-0.05, 0) is 29.8 Å². The van der Waals surface area contributed by atoms with E-state index in [-0.39, 0.29) is 0 Å². The first kappa shape index (κ1) is 11.5. The van der Waals surface area contributed by atoms with Gasteiger partial charge in [-0.3, -0.25) is 4.68 Å². The zero-order chi connectivity index (χ0) is 11.7. The van der Waals surface area contributed by atoms with E-state index in [0.29, 0.717) is 21.5 Å². The minimum Gasteiger partial charge on any atom is -0.270 e. The lowest BCUT2D eigenvalue weighted by Crippen LogP contribution is -1.99. The largest absolute Gasteiger partial charge is 0.270 e. The molecule has 0 N–H and O–H groups in total. The van der Waals surface area contributed by atoms with E-state index in [4.69, 9.17) is 11.6 Å². The fourth-order valence-corrected chi connectivity index (χ4v) is 1.54. The van der Waals surface area contributed by atoms with Crippen LogP contribution in [0.25, 0.3) is 11.4 Å². The molecule has 0 aliphatic heterocycles. The molecule has 2 aromatic rings. The molecule has 0 atom stereocenters. The summed E-state index contributed by atoms with van der Waals surface area (Å²) in [5, 5.41) is 4.63. The molecule has 16 heavy (non-hydrogen) atoms. The molecular formula is C10H10BrClN4. The van der Waals surface area contributed by atoms with Crippen LogP contribution in [0.15, 0.2) is 23.1 Å². The van der Waals surface area contributed by atoms with Crippen molar-refractivity contribution >= 4 is 27.5 Å². The summed E-state index contributed by atoms with van der Waals surface area (Å²) < 4.78 is 2.54. The smallest absolute Gasteiger partial charge is 0.164 e. The van der Waals surface area contributed by atoms with Gasteiger partial charge in [0.05, 0.1) is 16.2 Å². The van der Waals surface area contributed by atoms with Crippen LogP contribution in [0.4, 0.5) is 0 Å². The Morgan fingerprint density at radius 1 is 1.38 bits per heavy atom. The third-order valence-corrected chi connectivity index (χ3v) is 3.19. The van der Waals surface area contributed by atoms with E-state index in [9.17, 15) is 0 Å². The van der Waals surface area contributed by atoms with Crippen LogP contribution in [0.2, 0.25) is 5.15 Å². The minimum atomic E-state index is 0.319. The number of rotatable bonds is 2. The Hall–Kier alpha value is -0.940. The Labute approximate surface area is 107 Å². The second-order valence-corrected chi connectivity index (χ2v) is 4.85. The topological polar surface area (TPSA) is 43.6 Å². The van der Waals surface area contributed by atoms with Crippen molar-refractivity contribution in [3.63, 3.8) is 0 Å². The SMILES string of the molecule is CC(C)n1cc(-c2ncc(Br)c(Cl)n2)cn1. The van der Waals surface area contributed by atoms with E-state index in [1.807, 2.05) is 10.9 Å². The maximum absolute atomic E-state index is 5.91. The van der Waals surface area contributed by atoms with Crippen molar-refractivity contribution in [2.45, 2.75) is 19.9 Å². The van der Waals surface area contributed by atoms with Gasteiger partial charge in [0.1, 0.15) is 5.15 Å². The average molecular weight is 302 g/mol. The van der Waals surface area contributed by atoms with Gasteiger partial charge in [0.15, 0.2) is 5.82 Å². The van der Waals surface area contributed by atoms with E-state index in [0.717, 1.165) is 5.56 Å². The summed E-state index contributed by atoms with van der Waals surface area (Å²) in [6.45, 7) is 4.12. The molecule has 0 saturated carbocycles. The predicted octanol–water partition coefficient (Wildman–Crippen LogP) is 3.34. The normalized spacial score (nSPS) is 11.1. The van der Waals surface area contributed by atoms with Crippen molar-refractivity contribution in [3.05, 3.63) is 28.2 Å². The molecule has 0 unspecified atom stereocenters. The molecule has 0 aromatic carbocycles. The lowest BCUT2D eigenvalue weighted by molar-refractivity contribution is 0.532. The van der Waals surface area contributed by atoms with Gasteiger partial charge in [-0.15, -0.1) is 0 Å². The van der Waals surface area contributed by atoms with E-state index in [1.165, 1.54) is 0 Å². The van der Waals surface area contributed by atoms with Crippen molar-refractivity contribution in [1.82, 2.24) is 19.7 Å². The van der Waals surface area contributed by atoms with Crippen LogP contribution in [-0.2, 0) is 0 Å². The second-order valence-electron chi connectivity index (χ2n) is 3.64. The van der Waals surface area contributed by atoms with E-state index >= 15 is 0 Å². The van der Waals surface area contributed by atoms with Crippen molar-refractivity contribution in [3.8, 4) is 11.4 Å².